The minimum Gasteiger partial charge on any atom is -0.339 e. The minimum absolute atomic E-state index is 0.0282. The predicted molar refractivity (Wildman–Crippen MR) is 90.2 cm³/mol. The molecule has 2 heterocycles. The minimum atomic E-state index is -0.968. The van der Waals surface area contributed by atoms with Crippen molar-refractivity contribution in [2.45, 2.75) is 38.1 Å². The lowest BCUT2D eigenvalue weighted by Crippen LogP contribution is -2.35. The SMILES string of the molecule is O=C(Nc1nc2cc(F)c(F)cc2s1)C1CC(=O)N(C2CCCC2)C1. The Labute approximate surface area is 147 Å². The lowest BCUT2D eigenvalue weighted by molar-refractivity contribution is -0.129. The molecule has 5 nitrogen and oxygen atoms in total. The highest BCUT2D eigenvalue weighted by molar-refractivity contribution is 7.22. The first kappa shape index (κ1) is 16.4. The summed E-state index contributed by atoms with van der Waals surface area (Å²) in [6.07, 6.45) is 4.48. The van der Waals surface area contributed by atoms with E-state index in [0.29, 0.717) is 16.8 Å². The molecule has 1 aromatic carbocycles. The van der Waals surface area contributed by atoms with E-state index in [2.05, 4.69) is 10.3 Å². The lowest BCUT2D eigenvalue weighted by Gasteiger charge is -2.23. The Hall–Kier alpha value is -2.09. The number of hydrogen-bond donors (Lipinski definition) is 1. The van der Waals surface area contributed by atoms with Crippen LogP contribution in [0.2, 0.25) is 0 Å². The Morgan fingerprint density at radius 2 is 1.96 bits per heavy atom. The van der Waals surface area contributed by atoms with Crippen LogP contribution >= 0.6 is 11.3 Å². The maximum atomic E-state index is 13.3. The van der Waals surface area contributed by atoms with Crippen molar-refractivity contribution in [3.8, 4) is 0 Å². The second kappa shape index (κ2) is 6.33. The molecule has 1 saturated heterocycles. The predicted octanol–water partition coefficient (Wildman–Crippen LogP) is 3.30. The largest absolute Gasteiger partial charge is 0.339 e. The first-order valence-corrected chi connectivity index (χ1v) is 9.19. The average molecular weight is 365 g/mol. The van der Waals surface area contributed by atoms with Crippen molar-refractivity contribution >= 4 is 38.5 Å². The van der Waals surface area contributed by atoms with Crippen LogP contribution in [0.3, 0.4) is 0 Å². The number of rotatable bonds is 3. The molecule has 0 bridgehead atoms. The molecule has 1 aliphatic heterocycles. The molecule has 1 aromatic heterocycles. The third kappa shape index (κ3) is 3.10. The number of nitrogens with zero attached hydrogens (tertiary/aromatic N) is 2. The fourth-order valence-electron chi connectivity index (χ4n) is 3.66. The number of halogens is 2. The summed E-state index contributed by atoms with van der Waals surface area (Å²) in [6.45, 7) is 0.434. The molecule has 132 valence electrons. The van der Waals surface area contributed by atoms with Gasteiger partial charge in [0.05, 0.1) is 16.1 Å². The van der Waals surface area contributed by atoms with Crippen LogP contribution in [0.4, 0.5) is 13.9 Å². The number of hydrogen-bond acceptors (Lipinski definition) is 4. The second-order valence-corrected chi connectivity index (χ2v) is 7.66. The van der Waals surface area contributed by atoms with Crippen LogP contribution < -0.4 is 5.32 Å². The van der Waals surface area contributed by atoms with Crippen molar-refractivity contribution in [1.29, 1.82) is 0 Å². The van der Waals surface area contributed by atoms with E-state index < -0.39 is 17.6 Å². The van der Waals surface area contributed by atoms with Crippen molar-refractivity contribution in [2.75, 3.05) is 11.9 Å². The van der Waals surface area contributed by atoms with Crippen LogP contribution in [0.1, 0.15) is 32.1 Å². The van der Waals surface area contributed by atoms with E-state index in [4.69, 9.17) is 0 Å². The van der Waals surface area contributed by atoms with Gasteiger partial charge >= 0.3 is 0 Å². The summed E-state index contributed by atoms with van der Waals surface area (Å²) in [5.74, 6) is -2.56. The van der Waals surface area contributed by atoms with Gasteiger partial charge in [-0.2, -0.15) is 0 Å². The van der Waals surface area contributed by atoms with Crippen LogP contribution in [0.15, 0.2) is 12.1 Å². The molecule has 2 fully saturated rings. The number of carbonyl (C=O) groups excluding carboxylic acids is 2. The molecule has 25 heavy (non-hydrogen) atoms. The third-order valence-corrected chi connectivity index (χ3v) is 5.89. The van der Waals surface area contributed by atoms with Crippen molar-refractivity contribution in [1.82, 2.24) is 9.88 Å². The van der Waals surface area contributed by atoms with Crippen LogP contribution in [0.5, 0.6) is 0 Å². The van der Waals surface area contributed by atoms with E-state index in [1.807, 2.05) is 4.90 Å². The van der Waals surface area contributed by atoms with Gasteiger partial charge in [0, 0.05) is 25.1 Å². The molecule has 1 N–H and O–H groups in total. The van der Waals surface area contributed by atoms with Gasteiger partial charge in [-0.3, -0.25) is 9.59 Å². The van der Waals surface area contributed by atoms with Gasteiger partial charge in [-0.1, -0.05) is 24.2 Å². The van der Waals surface area contributed by atoms with E-state index in [0.717, 1.165) is 49.2 Å². The number of anilines is 1. The highest BCUT2D eigenvalue weighted by Crippen LogP contribution is 2.31. The molecule has 1 aliphatic carbocycles. The Morgan fingerprint density at radius 1 is 1.24 bits per heavy atom. The summed E-state index contributed by atoms with van der Waals surface area (Å²) in [6, 6.07) is 2.34. The molecule has 0 radical (unpaired) electrons. The second-order valence-electron chi connectivity index (χ2n) is 6.63. The zero-order chi connectivity index (χ0) is 17.6. The van der Waals surface area contributed by atoms with E-state index >= 15 is 0 Å². The van der Waals surface area contributed by atoms with Gasteiger partial charge in [0.2, 0.25) is 11.8 Å². The third-order valence-electron chi connectivity index (χ3n) is 4.96. The van der Waals surface area contributed by atoms with Crippen molar-refractivity contribution < 1.29 is 18.4 Å². The summed E-state index contributed by atoms with van der Waals surface area (Å²) in [4.78, 5) is 30.6. The van der Waals surface area contributed by atoms with Crippen LogP contribution in [-0.4, -0.2) is 34.3 Å². The van der Waals surface area contributed by atoms with Crippen LogP contribution in [0.25, 0.3) is 10.2 Å². The van der Waals surface area contributed by atoms with E-state index in [-0.39, 0.29) is 29.4 Å². The van der Waals surface area contributed by atoms with Gasteiger partial charge < -0.3 is 10.2 Å². The normalized spacial score (nSPS) is 21.4. The number of likely N-dealkylation sites (tertiary alicyclic amines) is 1. The molecule has 2 aromatic rings. The Bertz CT molecular complexity index is 809. The summed E-state index contributed by atoms with van der Waals surface area (Å²) in [5, 5.41) is 2.98. The van der Waals surface area contributed by atoms with Gasteiger partial charge in [-0.15, -0.1) is 0 Å². The number of aromatic nitrogens is 1. The molecule has 1 saturated carbocycles. The van der Waals surface area contributed by atoms with Crippen molar-refractivity contribution in [3.05, 3.63) is 23.8 Å². The number of benzene rings is 1. The van der Waals surface area contributed by atoms with Gasteiger partial charge in [-0.05, 0) is 18.9 Å². The van der Waals surface area contributed by atoms with Crippen molar-refractivity contribution in [3.63, 3.8) is 0 Å². The molecular weight excluding hydrogens is 348 g/mol. The highest BCUT2D eigenvalue weighted by atomic mass is 32.1. The molecular formula is C17H17F2N3O2S. The summed E-state index contributed by atoms with van der Waals surface area (Å²) in [5.41, 5.74) is 0.300. The molecule has 0 spiro atoms. The molecule has 4 rings (SSSR count). The van der Waals surface area contributed by atoms with E-state index in [9.17, 15) is 18.4 Å². The van der Waals surface area contributed by atoms with Crippen molar-refractivity contribution in [2.24, 2.45) is 5.92 Å². The number of thiazole rings is 1. The topological polar surface area (TPSA) is 62.3 Å². The fraction of sp³-hybridized carbons (Fsp3) is 0.471. The maximum Gasteiger partial charge on any atom is 0.231 e. The molecule has 2 amide bonds. The summed E-state index contributed by atoms with van der Waals surface area (Å²) in [7, 11) is 0. The van der Waals surface area contributed by atoms with E-state index in [1.54, 1.807) is 0 Å². The standard InChI is InChI=1S/C17H17F2N3O2S/c18-11-6-13-14(7-12(11)19)25-17(20-13)21-16(24)9-5-15(23)22(8-9)10-3-1-2-4-10/h6-7,9-10H,1-5,8H2,(H,20,21,24). The van der Waals surface area contributed by atoms with Crippen LogP contribution in [-0.2, 0) is 9.59 Å². The zero-order valence-corrected chi connectivity index (χ0v) is 14.2. The zero-order valence-electron chi connectivity index (χ0n) is 13.4. The number of amides is 2. The number of carbonyl (C=O) groups is 2. The average Bonchev–Trinajstić information content (AvgIpc) is 3.27. The van der Waals surface area contributed by atoms with E-state index in [1.165, 1.54) is 0 Å². The molecule has 2 aliphatic rings. The maximum absolute atomic E-state index is 13.3. The van der Waals surface area contributed by atoms with Gasteiger partial charge in [0.25, 0.3) is 0 Å². The van der Waals surface area contributed by atoms with Gasteiger partial charge in [0.15, 0.2) is 16.8 Å². The number of nitrogens with one attached hydrogen (secondary N) is 1. The van der Waals surface area contributed by atoms with Gasteiger partial charge in [-0.25, -0.2) is 13.8 Å². The quantitative estimate of drug-likeness (QED) is 0.908. The first-order valence-electron chi connectivity index (χ1n) is 8.37. The highest BCUT2D eigenvalue weighted by Gasteiger charge is 2.38. The Kier molecular flexibility index (Phi) is 4.15. The summed E-state index contributed by atoms with van der Waals surface area (Å²) >= 11 is 1.09. The Morgan fingerprint density at radius 3 is 2.72 bits per heavy atom. The van der Waals surface area contributed by atoms with Gasteiger partial charge in [0.1, 0.15) is 0 Å². The Balaban J connectivity index is 1.46. The smallest absolute Gasteiger partial charge is 0.231 e. The van der Waals surface area contributed by atoms with Crippen LogP contribution in [0, 0.1) is 17.6 Å². The molecule has 8 heteroatoms. The summed E-state index contributed by atoms with van der Waals surface area (Å²) < 4.78 is 27.0. The fourth-order valence-corrected chi connectivity index (χ4v) is 4.54. The monoisotopic (exact) mass is 365 g/mol. The number of fused-ring (bicyclic) bond motifs is 1. The lowest BCUT2D eigenvalue weighted by atomic mass is 10.1. The first-order chi connectivity index (χ1) is 12.0. The molecule has 1 atom stereocenters. The molecule has 1 unspecified atom stereocenters.